The van der Waals surface area contributed by atoms with E-state index in [0.717, 1.165) is 16.6 Å². The second-order valence-electron chi connectivity index (χ2n) is 7.07. The van der Waals surface area contributed by atoms with Gasteiger partial charge in [0.05, 0.1) is 24.0 Å². The van der Waals surface area contributed by atoms with Crippen molar-refractivity contribution in [3.63, 3.8) is 0 Å². The third-order valence-electron chi connectivity index (χ3n) is 5.17. The van der Waals surface area contributed by atoms with Gasteiger partial charge in [-0.2, -0.15) is 5.10 Å². The standard InChI is InChI=1S/C20H23N5O2/c1-24-17-6-4-3-5-14(17)9-15(19(24)26)10-21-20(27)22-12-18-16(13-7-8-13)11-23-25(18)2/h3-6,9,11,13H,7-8,10,12H2,1-2H3,(H2,21,22,27). The maximum Gasteiger partial charge on any atom is 0.315 e. The Balaban J connectivity index is 1.41. The summed E-state index contributed by atoms with van der Waals surface area (Å²) in [4.78, 5) is 24.7. The van der Waals surface area contributed by atoms with Crippen LogP contribution in [-0.2, 0) is 27.2 Å². The van der Waals surface area contributed by atoms with Gasteiger partial charge in [-0.3, -0.25) is 9.48 Å². The molecule has 1 fully saturated rings. The molecule has 0 bridgehead atoms. The highest BCUT2D eigenvalue weighted by Crippen LogP contribution is 2.41. The number of fused-ring (bicyclic) bond motifs is 1. The number of rotatable bonds is 5. The molecule has 3 aromatic rings. The molecule has 7 nitrogen and oxygen atoms in total. The molecule has 1 aliphatic rings. The van der Waals surface area contributed by atoms with Crippen LogP contribution >= 0.6 is 0 Å². The molecule has 1 aromatic carbocycles. The topological polar surface area (TPSA) is 81.0 Å². The molecule has 0 aliphatic heterocycles. The van der Waals surface area contributed by atoms with Crippen LogP contribution in [-0.4, -0.2) is 20.4 Å². The van der Waals surface area contributed by atoms with Gasteiger partial charge in [0.15, 0.2) is 0 Å². The van der Waals surface area contributed by atoms with Crippen LogP contribution in [0.3, 0.4) is 0 Å². The van der Waals surface area contributed by atoms with Gasteiger partial charge in [0.2, 0.25) is 0 Å². The zero-order chi connectivity index (χ0) is 19.0. The van der Waals surface area contributed by atoms with E-state index in [2.05, 4.69) is 15.7 Å². The molecule has 1 aliphatic carbocycles. The number of aromatic nitrogens is 3. The van der Waals surface area contributed by atoms with Gasteiger partial charge in [0.25, 0.3) is 5.56 Å². The first-order valence-corrected chi connectivity index (χ1v) is 9.14. The summed E-state index contributed by atoms with van der Waals surface area (Å²) in [7, 11) is 3.63. The van der Waals surface area contributed by atoms with Crippen molar-refractivity contribution >= 4 is 16.9 Å². The number of urea groups is 1. The minimum Gasteiger partial charge on any atom is -0.334 e. The summed E-state index contributed by atoms with van der Waals surface area (Å²) in [6.07, 6.45) is 4.28. The Labute approximate surface area is 157 Å². The highest BCUT2D eigenvalue weighted by atomic mass is 16.2. The maximum atomic E-state index is 12.5. The molecule has 2 aromatic heterocycles. The van der Waals surface area contributed by atoms with Crippen molar-refractivity contribution in [3.05, 3.63) is 63.7 Å². The first kappa shape index (κ1) is 17.3. The lowest BCUT2D eigenvalue weighted by atomic mass is 10.1. The molecule has 0 unspecified atom stereocenters. The SMILES string of the molecule is Cn1ncc(C2CC2)c1CNC(=O)NCc1cc2ccccc2n(C)c1=O. The Morgan fingerprint density at radius 1 is 1.19 bits per heavy atom. The molecule has 2 N–H and O–H groups in total. The first-order valence-electron chi connectivity index (χ1n) is 9.14. The van der Waals surface area contributed by atoms with Crippen LogP contribution in [0, 0.1) is 0 Å². The molecule has 2 amide bonds. The summed E-state index contributed by atoms with van der Waals surface area (Å²) >= 11 is 0. The van der Waals surface area contributed by atoms with Crippen molar-refractivity contribution in [2.24, 2.45) is 14.1 Å². The Bertz CT molecular complexity index is 1060. The van der Waals surface area contributed by atoms with Gasteiger partial charge >= 0.3 is 6.03 Å². The summed E-state index contributed by atoms with van der Waals surface area (Å²) in [5.74, 6) is 0.583. The number of nitrogens with one attached hydrogen (secondary N) is 2. The van der Waals surface area contributed by atoms with E-state index in [4.69, 9.17) is 0 Å². The lowest BCUT2D eigenvalue weighted by molar-refractivity contribution is 0.240. The number of hydrogen-bond acceptors (Lipinski definition) is 3. The van der Waals surface area contributed by atoms with Crippen LogP contribution in [0.5, 0.6) is 0 Å². The average Bonchev–Trinajstić information content (AvgIpc) is 3.45. The van der Waals surface area contributed by atoms with Gasteiger partial charge in [-0.1, -0.05) is 18.2 Å². The number of nitrogens with zero attached hydrogens (tertiary/aromatic N) is 3. The van der Waals surface area contributed by atoms with E-state index >= 15 is 0 Å². The summed E-state index contributed by atoms with van der Waals surface area (Å²) in [6, 6.07) is 9.24. The summed E-state index contributed by atoms with van der Waals surface area (Å²) < 4.78 is 3.43. The predicted octanol–water partition coefficient (Wildman–Crippen LogP) is 2.15. The van der Waals surface area contributed by atoms with Gasteiger partial charge in [-0.25, -0.2) is 4.79 Å². The number of benzene rings is 1. The average molecular weight is 365 g/mol. The van der Waals surface area contributed by atoms with Crippen molar-refractivity contribution in [2.75, 3.05) is 0 Å². The van der Waals surface area contributed by atoms with Crippen molar-refractivity contribution in [3.8, 4) is 0 Å². The molecular weight excluding hydrogens is 342 g/mol. The number of amides is 2. The van der Waals surface area contributed by atoms with Crippen molar-refractivity contribution in [2.45, 2.75) is 31.8 Å². The van der Waals surface area contributed by atoms with Gasteiger partial charge < -0.3 is 15.2 Å². The fourth-order valence-corrected chi connectivity index (χ4v) is 3.45. The summed E-state index contributed by atoms with van der Waals surface area (Å²) in [5.41, 5.74) is 3.59. The minimum absolute atomic E-state index is 0.100. The smallest absolute Gasteiger partial charge is 0.315 e. The Hall–Kier alpha value is -3.09. The zero-order valence-electron chi connectivity index (χ0n) is 15.5. The molecule has 140 valence electrons. The monoisotopic (exact) mass is 365 g/mol. The van der Waals surface area contributed by atoms with Crippen molar-refractivity contribution in [1.29, 1.82) is 0 Å². The van der Waals surface area contributed by atoms with Gasteiger partial charge in [0.1, 0.15) is 0 Å². The molecular formula is C20H23N5O2. The Kier molecular flexibility index (Phi) is 4.43. The summed E-state index contributed by atoms with van der Waals surface area (Å²) in [5, 5.41) is 10.9. The van der Waals surface area contributed by atoms with Crippen molar-refractivity contribution < 1.29 is 4.79 Å². The van der Waals surface area contributed by atoms with E-state index in [1.165, 1.54) is 18.4 Å². The number of aryl methyl sites for hydroxylation is 2. The van der Waals surface area contributed by atoms with Crippen molar-refractivity contribution in [1.82, 2.24) is 25.0 Å². The lowest BCUT2D eigenvalue weighted by Gasteiger charge is -2.11. The molecule has 1 saturated carbocycles. The second kappa shape index (κ2) is 6.90. The van der Waals surface area contributed by atoms with Crippen LogP contribution in [0.15, 0.2) is 41.3 Å². The maximum absolute atomic E-state index is 12.5. The number of pyridine rings is 1. The molecule has 7 heteroatoms. The van der Waals surface area contributed by atoms with Crippen LogP contribution < -0.4 is 16.2 Å². The lowest BCUT2D eigenvalue weighted by Crippen LogP contribution is -2.37. The summed E-state index contributed by atoms with van der Waals surface area (Å²) in [6.45, 7) is 0.605. The second-order valence-corrected chi connectivity index (χ2v) is 7.07. The van der Waals surface area contributed by atoms with E-state index in [9.17, 15) is 9.59 Å². The molecule has 0 atom stereocenters. The molecule has 0 radical (unpaired) electrons. The number of para-hydroxylation sites is 1. The van der Waals surface area contributed by atoms with E-state index < -0.39 is 0 Å². The largest absolute Gasteiger partial charge is 0.334 e. The molecule has 27 heavy (non-hydrogen) atoms. The Morgan fingerprint density at radius 2 is 1.93 bits per heavy atom. The first-order chi connectivity index (χ1) is 13.0. The van der Waals surface area contributed by atoms with Gasteiger partial charge in [-0.15, -0.1) is 0 Å². The third-order valence-corrected chi connectivity index (χ3v) is 5.17. The highest BCUT2D eigenvalue weighted by Gasteiger charge is 2.28. The number of carbonyl (C=O) groups excluding carboxylic acids is 1. The van der Waals surface area contributed by atoms with Crippen LogP contribution in [0.25, 0.3) is 10.9 Å². The molecule has 0 saturated heterocycles. The Morgan fingerprint density at radius 3 is 2.70 bits per heavy atom. The molecule has 2 heterocycles. The third kappa shape index (κ3) is 3.45. The van der Waals surface area contributed by atoms with E-state index in [-0.39, 0.29) is 18.1 Å². The number of carbonyl (C=O) groups is 1. The highest BCUT2D eigenvalue weighted by molar-refractivity contribution is 5.79. The normalized spacial score (nSPS) is 13.7. The van der Waals surface area contributed by atoms with Crippen LogP contribution in [0.2, 0.25) is 0 Å². The molecule has 0 spiro atoms. The van der Waals surface area contributed by atoms with Crippen LogP contribution in [0.1, 0.15) is 35.6 Å². The number of hydrogen-bond donors (Lipinski definition) is 2. The fraction of sp³-hybridized carbons (Fsp3) is 0.350. The van der Waals surface area contributed by atoms with E-state index in [0.29, 0.717) is 18.0 Å². The van der Waals surface area contributed by atoms with Gasteiger partial charge in [0, 0.05) is 26.2 Å². The van der Waals surface area contributed by atoms with E-state index in [1.807, 2.05) is 48.3 Å². The quantitative estimate of drug-likeness (QED) is 0.727. The fourth-order valence-electron chi connectivity index (χ4n) is 3.45. The minimum atomic E-state index is -0.298. The zero-order valence-corrected chi connectivity index (χ0v) is 15.5. The predicted molar refractivity (Wildman–Crippen MR) is 103 cm³/mol. The van der Waals surface area contributed by atoms with Gasteiger partial charge in [-0.05, 0) is 41.8 Å². The van der Waals surface area contributed by atoms with E-state index in [1.54, 1.807) is 11.6 Å². The molecule has 4 rings (SSSR count). The van der Waals surface area contributed by atoms with Crippen LogP contribution in [0.4, 0.5) is 4.79 Å².